The first kappa shape index (κ1) is 34.4. The van der Waals surface area contributed by atoms with E-state index in [0.29, 0.717) is 5.75 Å². The maximum absolute atomic E-state index is 14.8. The van der Waals surface area contributed by atoms with Crippen LogP contribution in [0.5, 0.6) is 11.5 Å². The quantitative estimate of drug-likeness (QED) is 0.259. The summed E-state index contributed by atoms with van der Waals surface area (Å²) in [6, 6.07) is 22.3. The predicted molar refractivity (Wildman–Crippen MR) is 184 cm³/mol. The summed E-state index contributed by atoms with van der Waals surface area (Å²) < 4.78 is 46.5. The maximum Gasteiger partial charge on any atom is 0.410 e. The van der Waals surface area contributed by atoms with Crippen molar-refractivity contribution in [3.05, 3.63) is 118 Å². The first-order valence-electron chi connectivity index (χ1n) is 15.3. The molecule has 0 bridgehead atoms. The number of fused-ring (bicyclic) bond motifs is 1. The van der Waals surface area contributed by atoms with E-state index >= 15 is 0 Å². The van der Waals surface area contributed by atoms with Crippen molar-refractivity contribution >= 4 is 50.9 Å². The van der Waals surface area contributed by atoms with Gasteiger partial charge in [-0.25, -0.2) is 17.5 Å². The van der Waals surface area contributed by atoms with Gasteiger partial charge in [0.05, 0.1) is 24.8 Å². The highest BCUT2D eigenvalue weighted by Gasteiger charge is 2.60. The van der Waals surface area contributed by atoms with Gasteiger partial charge < -0.3 is 29.1 Å². The van der Waals surface area contributed by atoms with E-state index in [1.807, 2.05) is 30.3 Å². The summed E-state index contributed by atoms with van der Waals surface area (Å²) in [5.41, 5.74) is -1.20. The minimum absolute atomic E-state index is 0.0445. The molecule has 2 unspecified atom stereocenters. The fourth-order valence-corrected chi connectivity index (χ4v) is 8.37. The van der Waals surface area contributed by atoms with Crippen molar-refractivity contribution in [2.75, 3.05) is 44.7 Å². The standard InChI is InChI=1S/C35H33Cl2N3O8S/c1-46-30-15-13-25(21-31(30)47-2)49(44,45)40-29-14-12-24(36)20-27(29)35(43,26-10-6-7-11-28(26)37)32(40)33(41)38-16-18-39(19-17-38)34(42)48-22-23-8-4-3-5-9-23/h3-15,20-21,32,43H,16-19,22H2,1-2H3. The Labute approximate surface area is 294 Å². The molecule has 256 valence electrons. The summed E-state index contributed by atoms with van der Waals surface area (Å²) in [6.07, 6.45) is -0.538. The fourth-order valence-electron chi connectivity index (χ4n) is 6.26. The first-order valence-corrected chi connectivity index (χ1v) is 17.5. The third kappa shape index (κ3) is 6.25. The van der Waals surface area contributed by atoms with Gasteiger partial charge in [-0.05, 0) is 42.0 Å². The maximum atomic E-state index is 14.8. The molecule has 1 saturated heterocycles. The number of hydrogen-bond donors (Lipinski definition) is 1. The lowest BCUT2D eigenvalue weighted by Gasteiger charge is -2.40. The lowest BCUT2D eigenvalue weighted by atomic mass is 9.82. The number of hydrogen-bond acceptors (Lipinski definition) is 8. The summed E-state index contributed by atoms with van der Waals surface area (Å²) in [7, 11) is -1.79. The van der Waals surface area contributed by atoms with Crippen LogP contribution in [0.15, 0.2) is 95.9 Å². The second-order valence-corrected chi connectivity index (χ2v) is 14.1. The lowest BCUT2D eigenvalue weighted by Crippen LogP contribution is -2.60. The summed E-state index contributed by atoms with van der Waals surface area (Å²) in [5.74, 6) is -0.245. The molecule has 2 amide bonds. The number of carbonyl (C=O) groups excluding carboxylic acids is 2. The van der Waals surface area contributed by atoms with Crippen LogP contribution in [-0.2, 0) is 31.8 Å². The van der Waals surface area contributed by atoms with Crippen molar-refractivity contribution < 1.29 is 37.3 Å². The van der Waals surface area contributed by atoms with E-state index in [9.17, 15) is 23.1 Å². The molecule has 2 heterocycles. The van der Waals surface area contributed by atoms with Crippen molar-refractivity contribution in [1.82, 2.24) is 9.80 Å². The van der Waals surface area contributed by atoms with E-state index in [1.165, 1.54) is 60.4 Å². The van der Waals surface area contributed by atoms with E-state index < -0.39 is 33.7 Å². The molecule has 1 fully saturated rings. The summed E-state index contributed by atoms with van der Waals surface area (Å²) in [4.78, 5) is 30.3. The van der Waals surface area contributed by atoms with Crippen LogP contribution in [0.1, 0.15) is 16.7 Å². The number of piperazine rings is 1. The van der Waals surface area contributed by atoms with Gasteiger partial charge in [0.1, 0.15) is 12.2 Å². The van der Waals surface area contributed by atoms with Crippen LogP contribution in [0, 0.1) is 0 Å². The Kier molecular flexibility index (Phi) is 9.67. The summed E-state index contributed by atoms with van der Waals surface area (Å²) >= 11 is 13.1. The van der Waals surface area contributed by atoms with Crippen LogP contribution in [-0.4, -0.2) is 81.8 Å². The molecule has 4 aromatic rings. The Bertz CT molecular complexity index is 1990. The molecule has 11 nitrogen and oxygen atoms in total. The van der Waals surface area contributed by atoms with Crippen molar-refractivity contribution in [2.45, 2.75) is 23.1 Å². The summed E-state index contributed by atoms with van der Waals surface area (Å²) in [6.45, 7) is 0.441. The Morgan fingerprint density at radius 3 is 2.14 bits per heavy atom. The highest BCUT2D eigenvalue weighted by atomic mass is 35.5. The van der Waals surface area contributed by atoms with E-state index in [2.05, 4.69) is 0 Å². The Balaban J connectivity index is 1.39. The SMILES string of the molecule is COc1ccc(S(=O)(=O)N2c3ccc(Cl)cc3C(O)(c3ccccc3Cl)C2C(=O)N2CCN(C(=O)OCc3ccccc3)CC2)cc1OC. The highest BCUT2D eigenvalue weighted by molar-refractivity contribution is 7.93. The molecule has 2 aliphatic rings. The highest BCUT2D eigenvalue weighted by Crippen LogP contribution is 2.53. The van der Waals surface area contributed by atoms with Gasteiger partial charge >= 0.3 is 6.09 Å². The normalized spacial score (nSPS) is 19.0. The third-order valence-corrected chi connectivity index (χ3v) is 11.1. The zero-order chi connectivity index (χ0) is 34.9. The van der Waals surface area contributed by atoms with Gasteiger partial charge in [0.25, 0.3) is 10.0 Å². The molecule has 14 heteroatoms. The number of aliphatic hydroxyl groups is 1. The Hall–Kier alpha value is -4.49. The predicted octanol–water partition coefficient (Wildman–Crippen LogP) is 5.31. The van der Waals surface area contributed by atoms with Gasteiger partial charge in [-0.2, -0.15) is 0 Å². The average Bonchev–Trinajstić information content (AvgIpc) is 3.39. The molecule has 0 radical (unpaired) electrons. The number of nitrogens with zero attached hydrogens (tertiary/aromatic N) is 3. The Morgan fingerprint density at radius 2 is 1.47 bits per heavy atom. The minimum atomic E-state index is -4.59. The molecule has 2 aliphatic heterocycles. The topological polar surface area (TPSA) is 126 Å². The van der Waals surface area contributed by atoms with Gasteiger partial charge in [-0.1, -0.05) is 71.7 Å². The van der Waals surface area contributed by atoms with E-state index in [0.717, 1.165) is 9.87 Å². The number of halogens is 2. The number of ether oxygens (including phenoxy) is 3. The van der Waals surface area contributed by atoms with Crippen molar-refractivity contribution in [3.8, 4) is 11.5 Å². The second-order valence-electron chi connectivity index (χ2n) is 11.5. The van der Waals surface area contributed by atoms with E-state index in [4.69, 9.17) is 37.4 Å². The molecule has 0 saturated carbocycles. The molecular formula is C35H33Cl2N3O8S. The third-order valence-electron chi connectivity index (χ3n) is 8.72. The summed E-state index contributed by atoms with van der Waals surface area (Å²) in [5, 5.41) is 13.2. The van der Waals surface area contributed by atoms with Crippen LogP contribution in [0.4, 0.5) is 10.5 Å². The van der Waals surface area contributed by atoms with E-state index in [-0.39, 0.29) is 70.3 Å². The number of amides is 2. The van der Waals surface area contributed by atoms with Crippen LogP contribution < -0.4 is 13.8 Å². The molecule has 1 N–H and O–H groups in total. The molecule has 0 aliphatic carbocycles. The smallest absolute Gasteiger partial charge is 0.410 e. The van der Waals surface area contributed by atoms with Crippen LogP contribution in [0.2, 0.25) is 10.0 Å². The fraction of sp³-hybridized carbons (Fsp3) is 0.257. The monoisotopic (exact) mass is 725 g/mol. The van der Waals surface area contributed by atoms with Crippen molar-refractivity contribution in [1.29, 1.82) is 0 Å². The Morgan fingerprint density at radius 1 is 0.816 bits per heavy atom. The van der Waals surface area contributed by atoms with Gasteiger partial charge in [0, 0.05) is 53.4 Å². The number of anilines is 1. The van der Waals surface area contributed by atoms with Gasteiger partial charge in [0.2, 0.25) is 5.91 Å². The molecule has 0 spiro atoms. The number of sulfonamides is 1. The van der Waals surface area contributed by atoms with Crippen LogP contribution in [0.25, 0.3) is 0 Å². The minimum Gasteiger partial charge on any atom is -0.493 e. The van der Waals surface area contributed by atoms with Gasteiger partial charge in [-0.3, -0.25) is 4.79 Å². The number of methoxy groups -OCH3 is 2. The van der Waals surface area contributed by atoms with Gasteiger partial charge in [0.15, 0.2) is 17.5 Å². The van der Waals surface area contributed by atoms with Crippen LogP contribution in [0.3, 0.4) is 0 Å². The van der Waals surface area contributed by atoms with E-state index in [1.54, 1.807) is 24.3 Å². The molecule has 2 atom stereocenters. The largest absolute Gasteiger partial charge is 0.493 e. The van der Waals surface area contributed by atoms with Gasteiger partial charge in [-0.15, -0.1) is 0 Å². The van der Waals surface area contributed by atoms with Crippen molar-refractivity contribution in [2.24, 2.45) is 0 Å². The molecule has 49 heavy (non-hydrogen) atoms. The van der Waals surface area contributed by atoms with Crippen molar-refractivity contribution in [3.63, 3.8) is 0 Å². The molecule has 6 rings (SSSR count). The second kappa shape index (κ2) is 13.8. The molecule has 0 aromatic heterocycles. The van der Waals surface area contributed by atoms with Crippen LogP contribution >= 0.6 is 23.2 Å². The molecule has 4 aromatic carbocycles. The average molecular weight is 727 g/mol. The number of benzene rings is 4. The lowest BCUT2D eigenvalue weighted by molar-refractivity contribution is -0.138. The first-order chi connectivity index (χ1) is 23.5. The zero-order valence-corrected chi connectivity index (χ0v) is 28.9. The number of rotatable bonds is 8. The number of carbonyl (C=O) groups is 2. The molecular weight excluding hydrogens is 693 g/mol. The zero-order valence-electron chi connectivity index (χ0n) is 26.6.